The fraction of sp³-hybridized carbons (Fsp3) is 0.444. The van der Waals surface area contributed by atoms with Gasteiger partial charge in [0.25, 0.3) is 0 Å². The molecule has 0 saturated carbocycles. The van der Waals surface area contributed by atoms with Gasteiger partial charge in [0.1, 0.15) is 0 Å². The molecule has 1 aromatic rings. The summed E-state index contributed by atoms with van der Waals surface area (Å²) in [5, 5.41) is 7.63. The molecule has 1 aromatic heterocycles. The van der Waals surface area contributed by atoms with Gasteiger partial charge in [-0.05, 0) is 6.92 Å². The van der Waals surface area contributed by atoms with Crippen LogP contribution in [0.25, 0.3) is 0 Å². The van der Waals surface area contributed by atoms with Crippen LogP contribution in [0.15, 0.2) is 0 Å². The maximum atomic E-state index is 5.39. The largest absolute Gasteiger partial charge is 0.309 e. The molecule has 0 atom stereocenters. The average Bonchev–Trinajstić information content (AvgIpc) is 2.40. The lowest BCUT2D eigenvalue weighted by Crippen LogP contribution is -2.28. The summed E-state index contributed by atoms with van der Waals surface area (Å²) in [5.74, 6) is 2.68. The number of fused-ring (bicyclic) bond motifs is 1. The SMILES string of the molecule is C#Cc1c(C)nn2c1CNCC2. The van der Waals surface area contributed by atoms with Crippen molar-refractivity contribution in [2.24, 2.45) is 0 Å². The third-order valence-corrected chi connectivity index (χ3v) is 2.17. The molecule has 2 rings (SSSR count). The molecule has 0 unspecified atom stereocenters. The highest BCUT2D eigenvalue weighted by Gasteiger charge is 2.15. The Balaban J connectivity index is 2.56. The number of hydrogen-bond donors (Lipinski definition) is 1. The van der Waals surface area contributed by atoms with Crippen molar-refractivity contribution >= 4 is 0 Å². The van der Waals surface area contributed by atoms with Gasteiger partial charge in [-0.25, -0.2) is 0 Å². The Bertz CT molecular complexity index is 343. The summed E-state index contributed by atoms with van der Waals surface area (Å²) in [6.07, 6.45) is 5.39. The van der Waals surface area contributed by atoms with Gasteiger partial charge in [0.15, 0.2) is 0 Å². The second-order valence-corrected chi connectivity index (χ2v) is 2.95. The van der Waals surface area contributed by atoms with E-state index in [1.807, 2.05) is 11.6 Å². The van der Waals surface area contributed by atoms with Gasteiger partial charge in [-0.3, -0.25) is 4.68 Å². The van der Waals surface area contributed by atoms with Crippen LogP contribution < -0.4 is 5.32 Å². The Hall–Kier alpha value is -1.27. The number of aryl methyl sites for hydroxylation is 1. The van der Waals surface area contributed by atoms with E-state index in [0.717, 1.165) is 36.6 Å². The van der Waals surface area contributed by atoms with E-state index in [4.69, 9.17) is 6.42 Å². The summed E-state index contributed by atoms with van der Waals surface area (Å²) >= 11 is 0. The van der Waals surface area contributed by atoms with Gasteiger partial charge in [-0.2, -0.15) is 5.10 Å². The molecule has 3 nitrogen and oxygen atoms in total. The van der Waals surface area contributed by atoms with Crippen molar-refractivity contribution in [3.8, 4) is 12.3 Å². The second-order valence-electron chi connectivity index (χ2n) is 2.95. The van der Waals surface area contributed by atoms with Crippen LogP contribution in [-0.4, -0.2) is 16.3 Å². The van der Waals surface area contributed by atoms with E-state index in [9.17, 15) is 0 Å². The van der Waals surface area contributed by atoms with Gasteiger partial charge < -0.3 is 5.32 Å². The van der Waals surface area contributed by atoms with E-state index in [-0.39, 0.29) is 0 Å². The fourth-order valence-electron chi connectivity index (χ4n) is 1.57. The van der Waals surface area contributed by atoms with Crippen LogP contribution in [0.4, 0.5) is 0 Å². The summed E-state index contributed by atoms with van der Waals surface area (Å²) in [4.78, 5) is 0. The fourth-order valence-corrected chi connectivity index (χ4v) is 1.57. The van der Waals surface area contributed by atoms with Crippen molar-refractivity contribution in [2.75, 3.05) is 6.54 Å². The average molecular weight is 161 g/mol. The number of terminal acetylenes is 1. The monoisotopic (exact) mass is 161 g/mol. The quantitative estimate of drug-likeness (QED) is 0.554. The topological polar surface area (TPSA) is 29.9 Å². The summed E-state index contributed by atoms with van der Waals surface area (Å²) in [6, 6.07) is 0. The molecule has 0 aliphatic carbocycles. The number of aromatic nitrogens is 2. The van der Waals surface area contributed by atoms with Crippen molar-refractivity contribution in [3.05, 3.63) is 17.0 Å². The van der Waals surface area contributed by atoms with Gasteiger partial charge in [0, 0.05) is 13.1 Å². The highest BCUT2D eigenvalue weighted by Crippen LogP contribution is 2.14. The molecule has 3 heteroatoms. The van der Waals surface area contributed by atoms with Gasteiger partial charge >= 0.3 is 0 Å². The summed E-state index contributed by atoms with van der Waals surface area (Å²) < 4.78 is 2.00. The van der Waals surface area contributed by atoms with Crippen LogP contribution in [0.3, 0.4) is 0 Å². The number of nitrogens with zero attached hydrogens (tertiary/aromatic N) is 2. The number of hydrogen-bond acceptors (Lipinski definition) is 2. The van der Waals surface area contributed by atoms with Crippen LogP contribution in [0.1, 0.15) is 17.0 Å². The third kappa shape index (κ3) is 0.926. The van der Waals surface area contributed by atoms with Crippen molar-refractivity contribution in [1.82, 2.24) is 15.1 Å². The van der Waals surface area contributed by atoms with Crippen LogP contribution in [-0.2, 0) is 13.1 Å². The number of rotatable bonds is 0. The number of nitrogens with one attached hydrogen (secondary N) is 1. The standard InChI is InChI=1S/C9H11N3/c1-3-8-7(2)11-12-5-4-10-6-9(8)12/h1,10H,4-6H2,2H3. The Morgan fingerprint density at radius 1 is 1.67 bits per heavy atom. The molecule has 0 amide bonds. The molecule has 1 aliphatic rings. The van der Waals surface area contributed by atoms with Gasteiger partial charge in [-0.15, -0.1) is 6.42 Å². The maximum absolute atomic E-state index is 5.39. The van der Waals surface area contributed by atoms with E-state index in [2.05, 4.69) is 16.3 Å². The van der Waals surface area contributed by atoms with Crippen molar-refractivity contribution in [3.63, 3.8) is 0 Å². The molecule has 1 N–H and O–H groups in total. The highest BCUT2D eigenvalue weighted by molar-refractivity contribution is 5.40. The van der Waals surface area contributed by atoms with Crippen LogP contribution >= 0.6 is 0 Å². The Morgan fingerprint density at radius 3 is 3.25 bits per heavy atom. The lowest BCUT2D eigenvalue weighted by molar-refractivity contribution is 0.474. The second kappa shape index (κ2) is 2.65. The van der Waals surface area contributed by atoms with E-state index in [0.29, 0.717) is 0 Å². The van der Waals surface area contributed by atoms with Crippen molar-refractivity contribution in [1.29, 1.82) is 0 Å². The molecule has 1 aliphatic heterocycles. The lowest BCUT2D eigenvalue weighted by atomic mass is 10.2. The molecule has 0 bridgehead atoms. The smallest absolute Gasteiger partial charge is 0.0753 e. The first kappa shape index (κ1) is 7.38. The maximum Gasteiger partial charge on any atom is 0.0753 e. The van der Waals surface area contributed by atoms with E-state index < -0.39 is 0 Å². The summed E-state index contributed by atoms with van der Waals surface area (Å²) in [6.45, 7) is 4.72. The van der Waals surface area contributed by atoms with E-state index in [1.54, 1.807) is 0 Å². The van der Waals surface area contributed by atoms with Crippen LogP contribution in [0.2, 0.25) is 0 Å². The molecule has 12 heavy (non-hydrogen) atoms. The normalized spacial score (nSPS) is 15.3. The summed E-state index contributed by atoms with van der Waals surface area (Å²) in [7, 11) is 0. The van der Waals surface area contributed by atoms with Crippen molar-refractivity contribution < 1.29 is 0 Å². The lowest BCUT2D eigenvalue weighted by Gasteiger charge is -2.14. The van der Waals surface area contributed by atoms with Crippen molar-refractivity contribution in [2.45, 2.75) is 20.0 Å². The van der Waals surface area contributed by atoms with Crippen LogP contribution in [0, 0.1) is 19.3 Å². The third-order valence-electron chi connectivity index (χ3n) is 2.17. The molecule has 2 heterocycles. The zero-order valence-corrected chi connectivity index (χ0v) is 7.09. The van der Waals surface area contributed by atoms with Gasteiger partial charge in [-0.1, -0.05) is 5.92 Å². The minimum Gasteiger partial charge on any atom is -0.309 e. The zero-order chi connectivity index (χ0) is 8.55. The molecule has 0 saturated heterocycles. The molecule has 0 radical (unpaired) electrons. The molecule has 0 spiro atoms. The first-order valence-corrected chi connectivity index (χ1v) is 4.06. The Labute approximate surface area is 71.8 Å². The first-order chi connectivity index (χ1) is 5.83. The molecular formula is C9H11N3. The zero-order valence-electron chi connectivity index (χ0n) is 7.09. The molecule has 62 valence electrons. The summed E-state index contributed by atoms with van der Waals surface area (Å²) in [5.41, 5.74) is 3.08. The Kier molecular flexibility index (Phi) is 1.63. The van der Waals surface area contributed by atoms with Gasteiger partial charge in [0.05, 0.1) is 23.5 Å². The minimum atomic E-state index is 0.848. The van der Waals surface area contributed by atoms with E-state index >= 15 is 0 Å². The molecule has 0 aromatic carbocycles. The first-order valence-electron chi connectivity index (χ1n) is 4.06. The predicted octanol–water partition coefficient (Wildman–Crippen LogP) is 0.276. The Morgan fingerprint density at radius 2 is 2.50 bits per heavy atom. The van der Waals surface area contributed by atoms with E-state index in [1.165, 1.54) is 0 Å². The van der Waals surface area contributed by atoms with Gasteiger partial charge in [0.2, 0.25) is 0 Å². The predicted molar refractivity (Wildman–Crippen MR) is 46.6 cm³/mol. The molecule has 0 fully saturated rings. The molecular weight excluding hydrogens is 150 g/mol. The minimum absolute atomic E-state index is 0.848. The highest BCUT2D eigenvalue weighted by atomic mass is 15.3. The van der Waals surface area contributed by atoms with Crippen LogP contribution in [0.5, 0.6) is 0 Å².